The normalized spacial score (nSPS) is 28.3. The topological polar surface area (TPSA) is 20.2 Å². The van der Waals surface area contributed by atoms with E-state index in [-0.39, 0.29) is 0 Å². The van der Waals surface area contributed by atoms with Crippen molar-refractivity contribution in [2.45, 2.75) is 51.0 Å². The fourth-order valence-electron chi connectivity index (χ4n) is 2.93. The lowest BCUT2D eigenvalue weighted by atomic mass is 9.74. The first-order valence-corrected chi connectivity index (χ1v) is 7.48. The van der Waals surface area contributed by atoms with Gasteiger partial charge in [-0.2, -0.15) is 0 Å². The van der Waals surface area contributed by atoms with Crippen molar-refractivity contribution in [2.75, 3.05) is 0 Å². The Kier molecular flexibility index (Phi) is 4.58. The van der Waals surface area contributed by atoms with Gasteiger partial charge >= 0.3 is 0 Å². The highest BCUT2D eigenvalue weighted by atomic mass is 35.5. The highest BCUT2D eigenvalue weighted by molar-refractivity contribution is 6.42. The number of aliphatic hydroxyl groups is 1. The molecule has 2 rings (SSSR count). The van der Waals surface area contributed by atoms with Crippen molar-refractivity contribution >= 4 is 23.2 Å². The summed E-state index contributed by atoms with van der Waals surface area (Å²) in [5.74, 6) is 0.776. The molecule has 1 aromatic carbocycles. The zero-order valence-electron chi connectivity index (χ0n) is 10.8. The minimum absolute atomic E-state index is 0.526. The van der Waals surface area contributed by atoms with Gasteiger partial charge < -0.3 is 5.11 Å². The Morgan fingerprint density at radius 1 is 1.22 bits per heavy atom. The van der Waals surface area contributed by atoms with Crippen molar-refractivity contribution < 1.29 is 5.11 Å². The summed E-state index contributed by atoms with van der Waals surface area (Å²) in [5, 5.41) is 11.8. The van der Waals surface area contributed by atoms with Crippen LogP contribution in [-0.4, -0.2) is 5.11 Å². The summed E-state index contributed by atoms with van der Waals surface area (Å²) in [4.78, 5) is 0. The van der Waals surface area contributed by atoms with Gasteiger partial charge in [0.2, 0.25) is 0 Å². The maximum absolute atomic E-state index is 10.7. The molecule has 1 fully saturated rings. The Labute approximate surface area is 119 Å². The molecule has 0 aromatic heterocycles. The lowest BCUT2D eigenvalue weighted by Gasteiger charge is -2.36. The summed E-state index contributed by atoms with van der Waals surface area (Å²) in [5.41, 5.74) is 0.199. The van der Waals surface area contributed by atoms with Crippen molar-refractivity contribution in [3.63, 3.8) is 0 Å². The van der Waals surface area contributed by atoms with Gasteiger partial charge in [0.15, 0.2) is 0 Å². The smallest absolute Gasteiger partial charge is 0.0897 e. The van der Waals surface area contributed by atoms with E-state index in [2.05, 4.69) is 6.92 Å². The van der Waals surface area contributed by atoms with E-state index in [9.17, 15) is 5.11 Å². The Morgan fingerprint density at radius 3 is 2.44 bits per heavy atom. The molecule has 1 saturated carbocycles. The molecule has 1 aliphatic rings. The zero-order valence-corrected chi connectivity index (χ0v) is 12.3. The first-order valence-electron chi connectivity index (χ1n) is 6.73. The van der Waals surface area contributed by atoms with E-state index >= 15 is 0 Å². The van der Waals surface area contributed by atoms with E-state index in [4.69, 9.17) is 23.2 Å². The van der Waals surface area contributed by atoms with Crippen LogP contribution in [0.3, 0.4) is 0 Å². The monoisotopic (exact) mass is 286 g/mol. The maximum atomic E-state index is 10.7. The summed E-state index contributed by atoms with van der Waals surface area (Å²) in [6, 6.07) is 5.48. The number of halogens is 2. The van der Waals surface area contributed by atoms with E-state index in [1.165, 1.54) is 12.8 Å². The molecule has 0 bridgehead atoms. The first kappa shape index (κ1) is 14.2. The van der Waals surface area contributed by atoms with E-state index < -0.39 is 5.60 Å². The van der Waals surface area contributed by atoms with Gasteiger partial charge in [-0.3, -0.25) is 0 Å². The average molecular weight is 287 g/mol. The minimum Gasteiger partial charge on any atom is -0.385 e. The molecule has 18 heavy (non-hydrogen) atoms. The van der Waals surface area contributed by atoms with Gasteiger partial charge in [0.05, 0.1) is 15.6 Å². The van der Waals surface area contributed by atoms with Gasteiger partial charge in [0, 0.05) is 0 Å². The van der Waals surface area contributed by atoms with Gasteiger partial charge in [0.25, 0.3) is 0 Å². The summed E-state index contributed by atoms with van der Waals surface area (Å²) in [6.07, 6.45) is 6.37. The molecule has 3 heteroatoms. The Morgan fingerprint density at radius 2 is 1.89 bits per heavy atom. The van der Waals surface area contributed by atoms with Crippen molar-refractivity contribution in [1.29, 1.82) is 0 Å². The van der Waals surface area contributed by atoms with Crippen molar-refractivity contribution in [1.82, 2.24) is 0 Å². The van der Waals surface area contributed by atoms with E-state index in [1.54, 1.807) is 6.07 Å². The summed E-state index contributed by atoms with van der Waals surface area (Å²) in [6.45, 7) is 2.22. The van der Waals surface area contributed by atoms with Gasteiger partial charge in [-0.15, -0.1) is 0 Å². The maximum Gasteiger partial charge on any atom is 0.0897 e. The molecule has 1 aromatic rings. The van der Waals surface area contributed by atoms with Crippen molar-refractivity contribution in [2.24, 2.45) is 5.92 Å². The van der Waals surface area contributed by atoms with Crippen LogP contribution in [0.4, 0.5) is 0 Å². The van der Waals surface area contributed by atoms with Gasteiger partial charge in [-0.25, -0.2) is 0 Å². The molecule has 0 heterocycles. The molecule has 0 saturated heterocycles. The van der Waals surface area contributed by atoms with Crippen molar-refractivity contribution in [3.8, 4) is 0 Å². The van der Waals surface area contributed by atoms with Crippen LogP contribution in [0, 0.1) is 5.92 Å². The van der Waals surface area contributed by atoms with Gasteiger partial charge in [0.1, 0.15) is 0 Å². The molecule has 1 N–H and O–H groups in total. The van der Waals surface area contributed by atoms with Gasteiger partial charge in [-0.1, -0.05) is 49.0 Å². The second-order valence-corrected chi connectivity index (χ2v) is 6.21. The molecular weight excluding hydrogens is 267 g/mol. The predicted octanol–water partition coefficient (Wildman–Crippen LogP) is 5.17. The van der Waals surface area contributed by atoms with E-state index in [0.717, 1.165) is 37.2 Å². The van der Waals surface area contributed by atoms with Crippen LogP contribution in [0.15, 0.2) is 18.2 Å². The fourth-order valence-corrected chi connectivity index (χ4v) is 3.22. The standard InChI is InChI=1S/C15H20Cl2O/c1-2-3-11-6-8-15(18,9-7-11)12-4-5-13(16)14(17)10-12/h4-5,10-11,18H,2-3,6-9H2,1H3. The number of hydrogen-bond donors (Lipinski definition) is 1. The molecule has 100 valence electrons. The Hall–Kier alpha value is -0.240. The molecule has 0 unspecified atom stereocenters. The zero-order chi connectivity index (χ0) is 13.2. The molecule has 1 nitrogen and oxygen atoms in total. The van der Waals surface area contributed by atoms with Crippen LogP contribution in [0.1, 0.15) is 51.0 Å². The largest absolute Gasteiger partial charge is 0.385 e. The van der Waals surface area contributed by atoms with Crippen LogP contribution < -0.4 is 0 Å². The molecule has 0 spiro atoms. The van der Waals surface area contributed by atoms with Gasteiger partial charge in [-0.05, 0) is 49.3 Å². The molecular formula is C15H20Cl2O. The summed E-state index contributed by atoms with van der Waals surface area (Å²) in [7, 11) is 0. The van der Waals surface area contributed by atoms with E-state index in [0.29, 0.717) is 10.0 Å². The summed E-state index contributed by atoms with van der Waals surface area (Å²) < 4.78 is 0. The van der Waals surface area contributed by atoms with Crippen LogP contribution in [0.2, 0.25) is 10.0 Å². The van der Waals surface area contributed by atoms with Crippen LogP contribution in [-0.2, 0) is 5.60 Å². The van der Waals surface area contributed by atoms with E-state index in [1.807, 2.05) is 12.1 Å². The molecule has 0 atom stereocenters. The lowest BCUT2D eigenvalue weighted by molar-refractivity contribution is -0.0152. The number of rotatable bonds is 3. The molecule has 0 radical (unpaired) electrons. The quantitative estimate of drug-likeness (QED) is 0.813. The second-order valence-electron chi connectivity index (χ2n) is 5.39. The highest BCUT2D eigenvalue weighted by Crippen LogP contribution is 2.42. The van der Waals surface area contributed by atoms with Crippen LogP contribution >= 0.6 is 23.2 Å². The summed E-state index contributed by atoms with van der Waals surface area (Å²) >= 11 is 11.9. The molecule has 0 aliphatic heterocycles. The van der Waals surface area contributed by atoms with Crippen molar-refractivity contribution in [3.05, 3.63) is 33.8 Å². The Bertz CT molecular complexity index is 409. The SMILES string of the molecule is CCCC1CCC(O)(c2ccc(Cl)c(Cl)c2)CC1. The second kappa shape index (κ2) is 5.81. The van der Waals surface area contributed by atoms with Crippen LogP contribution in [0.25, 0.3) is 0 Å². The minimum atomic E-state index is -0.710. The highest BCUT2D eigenvalue weighted by Gasteiger charge is 2.34. The molecule has 0 amide bonds. The molecule has 1 aliphatic carbocycles. The number of hydrogen-bond acceptors (Lipinski definition) is 1. The average Bonchev–Trinajstić information content (AvgIpc) is 2.36. The first-order chi connectivity index (χ1) is 8.55. The van der Waals surface area contributed by atoms with Crippen LogP contribution in [0.5, 0.6) is 0 Å². The fraction of sp³-hybridized carbons (Fsp3) is 0.600. The third kappa shape index (κ3) is 3.01. The predicted molar refractivity (Wildman–Crippen MR) is 77.2 cm³/mol. The third-order valence-corrected chi connectivity index (χ3v) is 4.83. The Balaban J connectivity index is 2.10. The third-order valence-electron chi connectivity index (χ3n) is 4.09. The lowest BCUT2D eigenvalue weighted by Crippen LogP contribution is -2.31. The number of benzene rings is 1.